The van der Waals surface area contributed by atoms with Crippen molar-refractivity contribution in [2.24, 2.45) is 0 Å². The Labute approximate surface area is 137 Å². The lowest BCUT2D eigenvalue weighted by molar-refractivity contribution is 0.340. The van der Waals surface area contributed by atoms with Crippen LogP contribution in [0.4, 0.5) is 0 Å². The van der Waals surface area contributed by atoms with Gasteiger partial charge in [0.15, 0.2) is 0 Å². The molecule has 3 nitrogen and oxygen atoms in total. The maximum absolute atomic E-state index is 5.50. The van der Waals surface area contributed by atoms with Gasteiger partial charge in [-0.3, -0.25) is 0 Å². The molecule has 0 aliphatic rings. The quantitative estimate of drug-likeness (QED) is 0.695. The largest absolute Gasteiger partial charge is 0.497 e. The van der Waals surface area contributed by atoms with Gasteiger partial charge in [0, 0.05) is 10.9 Å². The number of nitrogens with zero attached hydrogens (tertiary/aromatic N) is 1. The van der Waals surface area contributed by atoms with E-state index in [2.05, 4.69) is 26.9 Å². The number of benzene rings is 2. The van der Waals surface area contributed by atoms with Crippen molar-refractivity contribution in [3.8, 4) is 22.8 Å². The summed E-state index contributed by atoms with van der Waals surface area (Å²) in [5.74, 6) is 1.75. The zero-order valence-corrected chi connectivity index (χ0v) is 14.0. The summed E-state index contributed by atoms with van der Waals surface area (Å²) in [6.45, 7) is 4.78. The highest BCUT2D eigenvalue weighted by Crippen LogP contribution is 2.26. The number of aromatic nitrogens is 1. The number of rotatable bonds is 4. The lowest BCUT2D eigenvalue weighted by Crippen LogP contribution is -2.10. The summed E-state index contributed by atoms with van der Waals surface area (Å²) in [6, 6.07) is 14.3. The lowest BCUT2D eigenvalue weighted by atomic mass is 9.90. The van der Waals surface area contributed by atoms with Gasteiger partial charge in [0.2, 0.25) is 0 Å². The molecule has 116 valence electrons. The van der Waals surface area contributed by atoms with Crippen LogP contribution in [0.25, 0.3) is 22.2 Å². The van der Waals surface area contributed by atoms with Gasteiger partial charge in [-0.05, 0) is 67.3 Å². The molecule has 1 heterocycles. The topological polar surface area (TPSA) is 31.4 Å². The monoisotopic (exact) mass is 305 g/mol. The number of ether oxygens (including phenoxy) is 2. The molecule has 0 saturated carbocycles. The first-order valence-corrected chi connectivity index (χ1v) is 7.82. The molecular formula is C19H20BNO2. The molecule has 0 saturated heterocycles. The molecule has 0 atom stereocenters. The second kappa shape index (κ2) is 6.33. The van der Waals surface area contributed by atoms with E-state index in [1.54, 1.807) is 7.11 Å². The normalized spacial score (nSPS) is 10.7. The van der Waals surface area contributed by atoms with E-state index in [9.17, 15) is 0 Å². The Bertz CT molecular complexity index is 844. The van der Waals surface area contributed by atoms with Crippen LogP contribution in [0.5, 0.6) is 11.5 Å². The molecule has 3 aromatic rings. The number of methoxy groups -OCH3 is 1. The third-order valence-electron chi connectivity index (χ3n) is 4.07. The molecule has 0 N–H and O–H groups in total. The van der Waals surface area contributed by atoms with E-state index in [-0.39, 0.29) is 0 Å². The molecule has 3 rings (SSSR count). The van der Waals surface area contributed by atoms with Crippen molar-refractivity contribution in [2.75, 3.05) is 13.7 Å². The highest BCUT2D eigenvalue weighted by Gasteiger charge is 2.10. The van der Waals surface area contributed by atoms with E-state index in [1.807, 2.05) is 37.3 Å². The molecule has 0 amide bonds. The number of fused-ring (bicyclic) bond motifs is 1. The first-order valence-electron chi connectivity index (χ1n) is 7.82. The summed E-state index contributed by atoms with van der Waals surface area (Å²) in [7, 11) is 3.74. The Kier molecular flexibility index (Phi) is 4.24. The van der Waals surface area contributed by atoms with E-state index in [1.165, 1.54) is 5.56 Å². The minimum atomic E-state index is 0.672. The third-order valence-corrected chi connectivity index (χ3v) is 4.07. The Morgan fingerprint density at radius 3 is 2.48 bits per heavy atom. The predicted octanol–water partition coefficient (Wildman–Crippen LogP) is 2.88. The molecule has 0 radical (unpaired) electrons. The Morgan fingerprint density at radius 1 is 1.09 bits per heavy atom. The van der Waals surface area contributed by atoms with Gasteiger partial charge in [0.25, 0.3) is 0 Å². The van der Waals surface area contributed by atoms with Gasteiger partial charge in [-0.15, -0.1) is 0 Å². The smallest absolute Gasteiger partial charge is 0.147 e. The molecule has 23 heavy (non-hydrogen) atoms. The first-order chi connectivity index (χ1) is 11.1. The zero-order valence-electron chi connectivity index (χ0n) is 14.0. The summed E-state index contributed by atoms with van der Waals surface area (Å²) in [4.78, 5) is 4.87. The number of hydrogen-bond donors (Lipinski definition) is 0. The lowest BCUT2D eigenvalue weighted by Gasteiger charge is -2.12. The maximum atomic E-state index is 5.50. The molecule has 0 aliphatic carbocycles. The van der Waals surface area contributed by atoms with Crippen LogP contribution in [-0.2, 0) is 0 Å². The van der Waals surface area contributed by atoms with Gasteiger partial charge in [-0.1, -0.05) is 0 Å². The van der Waals surface area contributed by atoms with E-state index in [4.69, 9.17) is 14.5 Å². The fraction of sp³-hybridized carbons (Fsp3) is 0.211. The molecule has 0 fully saturated rings. The summed E-state index contributed by atoms with van der Waals surface area (Å²) >= 11 is 0. The Hall–Kier alpha value is -2.49. The highest BCUT2D eigenvalue weighted by molar-refractivity contribution is 6.40. The number of aryl methyl sites for hydroxylation is 1. The zero-order chi connectivity index (χ0) is 16.4. The summed E-state index contributed by atoms with van der Waals surface area (Å²) in [6.07, 6.45) is 0. The third kappa shape index (κ3) is 2.89. The predicted molar refractivity (Wildman–Crippen MR) is 97.8 cm³/mol. The van der Waals surface area contributed by atoms with Crippen LogP contribution in [0.15, 0.2) is 42.5 Å². The fourth-order valence-electron chi connectivity index (χ4n) is 2.84. The van der Waals surface area contributed by atoms with Gasteiger partial charge >= 0.3 is 0 Å². The number of hydrogen-bond acceptors (Lipinski definition) is 3. The van der Waals surface area contributed by atoms with Crippen molar-refractivity contribution in [3.05, 3.63) is 48.0 Å². The van der Waals surface area contributed by atoms with Crippen molar-refractivity contribution < 1.29 is 9.47 Å². The van der Waals surface area contributed by atoms with Crippen LogP contribution in [0.1, 0.15) is 12.5 Å². The standard InChI is InChI=1S/C19H20BNO2/c1-4-23-14-7-5-13(6-8-14)16-11-12(2)15-9-10-17(22-3)18(20)19(15)21-16/h5-11H,4,20H2,1-3H3. The fourth-order valence-corrected chi connectivity index (χ4v) is 2.84. The Balaban J connectivity index is 2.12. The second-order valence-electron chi connectivity index (χ2n) is 5.57. The summed E-state index contributed by atoms with van der Waals surface area (Å²) in [5, 5.41) is 1.16. The SMILES string of the molecule is Bc1c(OC)ccc2c(C)cc(-c3ccc(OCC)cc3)nc12. The summed E-state index contributed by atoms with van der Waals surface area (Å²) < 4.78 is 10.9. The second-order valence-corrected chi connectivity index (χ2v) is 5.57. The van der Waals surface area contributed by atoms with E-state index >= 15 is 0 Å². The van der Waals surface area contributed by atoms with Gasteiger partial charge in [0.05, 0.1) is 24.9 Å². The molecule has 2 aromatic carbocycles. The van der Waals surface area contributed by atoms with Gasteiger partial charge in [0.1, 0.15) is 19.3 Å². The van der Waals surface area contributed by atoms with Crippen LogP contribution in [0.3, 0.4) is 0 Å². The van der Waals surface area contributed by atoms with Gasteiger partial charge in [-0.2, -0.15) is 0 Å². The van der Waals surface area contributed by atoms with E-state index < -0.39 is 0 Å². The highest BCUT2D eigenvalue weighted by atomic mass is 16.5. The van der Waals surface area contributed by atoms with Crippen LogP contribution in [0.2, 0.25) is 0 Å². The van der Waals surface area contributed by atoms with Crippen molar-refractivity contribution in [1.82, 2.24) is 4.98 Å². The molecule has 4 heteroatoms. The minimum absolute atomic E-state index is 0.672. The van der Waals surface area contributed by atoms with Crippen molar-refractivity contribution in [2.45, 2.75) is 13.8 Å². The van der Waals surface area contributed by atoms with Crippen molar-refractivity contribution in [3.63, 3.8) is 0 Å². The number of pyridine rings is 1. The van der Waals surface area contributed by atoms with Crippen molar-refractivity contribution in [1.29, 1.82) is 0 Å². The van der Waals surface area contributed by atoms with Gasteiger partial charge < -0.3 is 9.47 Å². The average molecular weight is 305 g/mol. The maximum Gasteiger partial charge on any atom is 0.147 e. The van der Waals surface area contributed by atoms with E-state index in [0.29, 0.717) is 6.61 Å². The van der Waals surface area contributed by atoms with Crippen molar-refractivity contribution >= 4 is 24.2 Å². The first kappa shape index (κ1) is 15.4. The van der Waals surface area contributed by atoms with Crippen LogP contribution >= 0.6 is 0 Å². The molecule has 0 aliphatic heterocycles. The minimum Gasteiger partial charge on any atom is -0.497 e. The van der Waals surface area contributed by atoms with E-state index in [0.717, 1.165) is 39.1 Å². The van der Waals surface area contributed by atoms with Crippen LogP contribution < -0.4 is 14.9 Å². The average Bonchev–Trinajstić information content (AvgIpc) is 2.57. The van der Waals surface area contributed by atoms with Crippen LogP contribution in [0, 0.1) is 6.92 Å². The molecule has 0 bridgehead atoms. The van der Waals surface area contributed by atoms with Crippen LogP contribution in [-0.4, -0.2) is 26.5 Å². The molecule has 1 aromatic heterocycles. The molecular weight excluding hydrogens is 285 g/mol. The summed E-state index contributed by atoms with van der Waals surface area (Å²) in [5.41, 5.74) is 5.33. The Morgan fingerprint density at radius 2 is 1.83 bits per heavy atom. The molecule has 0 unspecified atom stereocenters. The molecule has 0 spiro atoms. The van der Waals surface area contributed by atoms with Gasteiger partial charge in [-0.25, -0.2) is 4.98 Å².